The summed E-state index contributed by atoms with van der Waals surface area (Å²) in [6.45, 7) is 2.26. The topological polar surface area (TPSA) is 124 Å². The second-order valence-corrected chi connectivity index (χ2v) is 10.9. The molecular weight excluding hydrogens is 502 g/mol. The minimum atomic E-state index is -3.61. The second kappa shape index (κ2) is 11.4. The molecule has 2 amide bonds. The summed E-state index contributed by atoms with van der Waals surface area (Å²) in [4.78, 5) is 32.5. The predicted molar refractivity (Wildman–Crippen MR) is 135 cm³/mol. The van der Waals surface area contributed by atoms with Gasteiger partial charge in [0.25, 0.3) is 5.24 Å². The highest BCUT2D eigenvalue weighted by Gasteiger charge is 2.31. The highest BCUT2D eigenvalue weighted by Crippen LogP contribution is 2.24. The zero-order chi connectivity index (χ0) is 25.5. The van der Waals surface area contributed by atoms with Gasteiger partial charge in [0.1, 0.15) is 12.4 Å². The zero-order valence-electron chi connectivity index (χ0n) is 19.3. The molecule has 0 aliphatic carbocycles. The molecule has 36 heavy (non-hydrogen) atoms. The summed E-state index contributed by atoms with van der Waals surface area (Å²) >= 11 is 1.00. The van der Waals surface area contributed by atoms with Crippen LogP contribution in [0.1, 0.15) is 18.1 Å². The molecule has 1 saturated heterocycles. The van der Waals surface area contributed by atoms with Gasteiger partial charge in [-0.1, -0.05) is 41.2 Å². The molecule has 0 radical (unpaired) electrons. The molecule has 1 fully saturated rings. The number of nitrogens with zero attached hydrogens (tertiary/aromatic N) is 2. The fraction of sp³-hybridized carbons (Fsp3) is 0.200. The molecule has 2 heterocycles. The Morgan fingerprint density at radius 3 is 2.28 bits per heavy atom. The number of pyridine rings is 1. The first kappa shape index (κ1) is 25.4. The Kier molecular flexibility index (Phi) is 8.01. The van der Waals surface area contributed by atoms with Crippen molar-refractivity contribution in [1.29, 1.82) is 0 Å². The van der Waals surface area contributed by atoms with Gasteiger partial charge >= 0.3 is 0 Å². The van der Waals surface area contributed by atoms with Crippen LogP contribution in [0.25, 0.3) is 0 Å². The standard InChI is InChI=1S/C25H23N3O6S2/c1-17(19-4-8-21(9-5-19)36(31,32)22-10-12-26-13-11-22)28-34-15-14-33-20-6-2-18(3-7-20)16-23-24(29)27-25(30)35-23/h2-13,23H,14-16H2,1H3,(H,27,29,30)/b28-17-. The number of hydrogen-bond donors (Lipinski definition) is 1. The van der Waals surface area contributed by atoms with E-state index in [9.17, 15) is 18.0 Å². The SMILES string of the molecule is C/C(=N/OCCOc1ccc(CC2SC(=O)NC2=O)cc1)c1ccc(S(=O)(=O)c2ccncc2)cc1. The number of carbonyl (C=O) groups is 2. The van der Waals surface area contributed by atoms with Crippen molar-refractivity contribution in [2.45, 2.75) is 28.4 Å². The number of sulfone groups is 1. The van der Waals surface area contributed by atoms with Crippen LogP contribution < -0.4 is 10.1 Å². The molecule has 11 heteroatoms. The molecule has 4 rings (SSSR count). The minimum absolute atomic E-state index is 0.185. The van der Waals surface area contributed by atoms with E-state index in [2.05, 4.69) is 15.5 Å². The second-order valence-electron chi connectivity index (χ2n) is 7.80. The smallest absolute Gasteiger partial charge is 0.286 e. The van der Waals surface area contributed by atoms with Crippen molar-refractivity contribution < 1.29 is 27.6 Å². The molecule has 3 aromatic rings. The molecule has 186 valence electrons. The van der Waals surface area contributed by atoms with E-state index in [-0.39, 0.29) is 34.2 Å². The molecule has 1 N–H and O–H groups in total. The average molecular weight is 526 g/mol. The summed E-state index contributed by atoms with van der Waals surface area (Å²) in [6, 6.07) is 16.6. The average Bonchev–Trinajstić information content (AvgIpc) is 3.21. The number of benzene rings is 2. The molecule has 1 aliphatic heterocycles. The molecule has 0 saturated carbocycles. The lowest BCUT2D eigenvalue weighted by molar-refractivity contribution is -0.118. The summed E-state index contributed by atoms with van der Waals surface area (Å²) in [6.07, 6.45) is 3.35. The molecule has 1 atom stereocenters. The maximum absolute atomic E-state index is 12.7. The number of hydrogen-bond acceptors (Lipinski definition) is 9. The first-order valence-corrected chi connectivity index (χ1v) is 13.3. The van der Waals surface area contributed by atoms with Crippen molar-refractivity contribution in [3.05, 3.63) is 84.2 Å². The molecule has 2 aromatic carbocycles. The first-order valence-electron chi connectivity index (χ1n) is 11.0. The van der Waals surface area contributed by atoms with Gasteiger partial charge in [-0.25, -0.2) is 8.42 Å². The Morgan fingerprint density at radius 1 is 0.972 bits per heavy atom. The maximum Gasteiger partial charge on any atom is 0.286 e. The maximum atomic E-state index is 12.7. The number of imide groups is 1. The Hall–Kier alpha value is -3.70. The van der Waals surface area contributed by atoms with Gasteiger partial charge in [-0.05, 0) is 60.9 Å². The lowest BCUT2D eigenvalue weighted by atomic mass is 10.1. The minimum Gasteiger partial charge on any atom is -0.490 e. The summed E-state index contributed by atoms with van der Waals surface area (Å²) < 4.78 is 31.0. The van der Waals surface area contributed by atoms with Crippen molar-refractivity contribution in [3.63, 3.8) is 0 Å². The fourth-order valence-electron chi connectivity index (χ4n) is 3.38. The van der Waals surface area contributed by atoms with E-state index in [1.54, 1.807) is 31.2 Å². The predicted octanol–water partition coefficient (Wildman–Crippen LogP) is 3.63. The van der Waals surface area contributed by atoms with E-state index in [4.69, 9.17) is 9.57 Å². The monoisotopic (exact) mass is 525 g/mol. The molecular formula is C25H23N3O6S2. The van der Waals surface area contributed by atoms with Crippen molar-refractivity contribution in [1.82, 2.24) is 10.3 Å². The molecule has 0 bridgehead atoms. The van der Waals surface area contributed by atoms with Crippen LogP contribution in [0, 0.1) is 0 Å². The number of rotatable bonds is 10. The van der Waals surface area contributed by atoms with Crippen LogP contribution in [0.2, 0.25) is 0 Å². The Morgan fingerprint density at radius 2 is 1.64 bits per heavy atom. The molecule has 1 aliphatic rings. The quantitative estimate of drug-likeness (QED) is 0.242. The van der Waals surface area contributed by atoms with E-state index < -0.39 is 15.1 Å². The van der Waals surface area contributed by atoms with Crippen LogP contribution in [0.15, 0.2) is 88.0 Å². The number of aromatic nitrogens is 1. The van der Waals surface area contributed by atoms with E-state index in [0.29, 0.717) is 17.9 Å². The third-order valence-electron chi connectivity index (χ3n) is 5.30. The lowest BCUT2D eigenvalue weighted by Crippen LogP contribution is -2.25. The number of ether oxygens (including phenoxy) is 1. The van der Waals surface area contributed by atoms with Crippen LogP contribution in [-0.4, -0.2) is 48.7 Å². The molecule has 9 nitrogen and oxygen atoms in total. The molecule has 0 spiro atoms. The van der Waals surface area contributed by atoms with E-state index >= 15 is 0 Å². The van der Waals surface area contributed by atoms with Crippen LogP contribution in [0.4, 0.5) is 4.79 Å². The van der Waals surface area contributed by atoms with Crippen molar-refractivity contribution in [2.75, 3.05) is 13.2 Å². The van der Waals surface area contributed by atoms with Gasteiger partial charge in [0, 0.05) is 12.4 Å². The van der Waals surface area contributed by atoms with Crippen molar-refractivity contribution >= 4 is 38.5 Å². The van der Waals surface area contributed by atoms with Gasteiger partial charge in [0.15, 0.2) is 6.61 Å². The number of oxime groups is 1. The molecule has 1 aromatic heterocycles. The van der Waals surface area contributed by atoms with E-state index in [0.717, 1.165) is 22.9 Å². The number of carbonyl (C=O) groups excluding carboxylic acids is 2. The highest BCUT2D eigenvalue weighted by molar-refractivity contribution is 8.15. The third-order valence-corrected chi connectivity index (χ3v) is 8.07. The van der Waals surface area contributed by atoms with Crippen LogP contribution >= 0.6 is 11.8 Å². The van der Waals surface area contributed by atoms with Gasteiger partial charge in [-0.2, -0.15) is 0 Å². The van der Waals surface area contributed by atoms with Crippen molar-refractivity contribution in [2.24, 2.45) is 5.16 Å². The summed E-state index contributed by atoms with van der Waals surface area (Å²) in [7, 11) is -3.61. The van der Waals surface area contributed by atoms with Crippen LogP contribution in [-0.2, 0) is 25.9 Å². The Bertz CT molecular complexity index is 1360. The van der Waals surface area contributed by atoms with Gasteiger partial charge in [-0.15, -0.1) is 0 Å². The number of nitrogens with one attached hydrogen (secondary N) is 1. The normalized spacial score (nSPS) is 16.0. The zero-order valence-corrected chi connectivity index (χ0v) is 20.9. The number of amides is 2. The highest BCUT2D eigenvalue weighted by atomic mass is 32.2. The molecule has 1 unspecified atom stereocenters. The van der Waals surface area contributed by atoms with Crippen LogP contribution in [0.5, 0.6) is 5.75 Å². The summed E-state index contributed by atoms with van der Waals surface area (Å²) in [5.74, 6) is 0.387. The van der Waals surface area contributed by atoms with Gasteiger partial charge in [-0.3, -0.25) is 19.9 Å². The van der Waals surface area contributed by atoms with Gasteiger partial charge < -0.3 is 9.57 Å². The van der Waals surface area contributed by atoms with Gasteiger partial charge in [0.2, 0.25) is 15.7 Å². The Labute approximate surface area is 212 Å². The summed E-state index contributed by atoms with van der Waals surface area (Å²) in [5.41, 5.74) is 2.26. The van der Waals surface area contributed by atoms with Gasteiger partial charge in [0.05, 0.1) is 20.8 Å². The lowest BCUT2D eigenvalue weighted by Gasteiger charge is -2.09. The first-order chi connectivity index (χ1) is 17.3. The van der Waals surface area contributed by atoms with E-state index in [1.165, 1.54) is 36.7 Å². The summed E-state index contributed by atoms with van der Waals surface area (Å²) in [5, 5.41) is 5.64. The van der Waals surface area contributed by atoms with Crippen LogP contribution in [0.3, 0.4) is 0 Å². The number of thioether (sulfide) groups is 1. The fourth-order valence-corrected chi connectivity index (χ4v) is 5.49. The van der Waals surface area contributed by atoms with E-state index in [1.807, 2.05) is 12.1 Å². The largest absolute Gasteiger partial charge is 0.490 e. The third kappa shape index (κ3) is 6.29. The Balaban J connectivity index is 1.23. The van der Waals surface area contributed by atoms with Crippen molar-refractivity contribution in [3.8, 4) is 5.75 Å².